The number of esters is 1. The number of carbonyl (C=O) groups excluding carboxylic acids is 2. The molecule has 1 aliphatic heterocycles. The van der Waals surface area contributed by atoms with Crippen molar-refractivity contribution in [2.24, 2.45) is 0 Å². The number of carbonyl (C=O) groups is 2. The van der Waals surface area contributed by atoms with E-state index in [2.05, 4.69) is 14.8 Å². The lowest BCUT2D eigenvalue weighted by Gasteiger charge is -2.32. The van der Waals surface area contributed by atoms with Crippen LogP contribution in [0.15, 0.2) is 60.7 Å². The third-order valence-corrected chi connectivity index (χ3v) is 8.75. The molecule has 3 heterocycles. The second-order valence-corrected chi connectivity index (χ2v) is 12.5. The Morgan fingerprint density at radius 3 is 2.22 bits per heavy atom. The summed E-state index contributed by atoms with van der Waals surface area (Å²) in [6.07, 6.45) is 1.96. The maximum Gasteiger partial charge on any atom is 0.356 e. The van der Waals surface area contributed by atoms with E-state index in [0.29, 0.717) is 70.7 Å². The standard InChI is InChI=1S/C34H46N5O6P/c1-26(40)30-6-3-5-29(36-30)25-38-13-17-43-20-21-44-19-15-39(16-23-46-24-22-45-18-14-38)33(27-9-11-28(35)12-10-27)31-7-4-8-32(37-31)34(41)42-2/h3-12,33,46H,13-25,35H2,1-2H3. The Hall–Kier alpha value is -3.31. The van der Waals surface area contributed by atoms with Gasteiger partial charge in [0, 0.05) is 45.3 Å². The molecule has 0 saturated carbocycles. The number of hydrogen-bond acceptors (Lipinski definition) is 11. The van der Waals surface area contributed by atoms with Crippen LogP contribution in [0.2, 0.25) is 0 Å². The van der Waals surface area contributed by atoms with Crippen LogP contribution in [0, 0.1) is 0 Å². The Balaban J connectivity index is 1.41. The van der Waals surface area contributed by atoms with Crippen molar-refractivity contribution in [1.29, 1.82) is 0 Å². The van der Waals surface area contributed by atoms with Crippen LogP contribution in [-0.4, -0.2) is 117 Å². The second kappa shape index (κ2) is 19.4. The van der Waals surface area contributed by atoms with Crippen LogP contribution in [0.1, 0.15) is 50.9 Å². The summed E-state index contributed by atoms with van der Waals surface area (Å²) in [5, 5.41) is 0. The molecule has 0 amide bonds. The van der Waals surface area contributed by atoms with E-state index in [0.717, 1.165) is 50.9 Å². The fraction of sp³-hybridized carbons (Fsp3) is 0.471. The van der Waals surface area contributed by atoms with Gasteiger partial charge in [0.2, 0.25) is 0 Å². The Morgan fingerprint density at radius 2 is 1.50 bits per heavy atom. The Bertz CT molecular complexity index is 1360. The van der Waals surface area contributed by atoms with Gasteiger partial charge in [-0.2, -0.15) is 0 Å². The van der Waals surface area contributed by atoms with E-state index in [1.807, 2.05) is 48.5 Å². The molecular formula is C34H46N5O6P. The first-order valence-corrected chi connectivity index (χ1v) is 17.1. The SMILES string of the molecule is COC(=O)c1cccc(C(c2ccc(N)cc2)N2CCOCCOCCN(Cc3cccc(C(C)=O)n3)CCOCCPCC2)n1. The van der Waals surface area contributed by atoms with Crippen LogP contribution in [0.3, 0.4) is 0 Å². The Morgan fingerprint density at radius 1 is 0.826 bits per heavy atom. The van der Waals surface area contributed by atoms with E-state index in [1.54, 1.807) is 12.1 Å². The third kappa shape index (κ3) is 11.5. The van der Waals surface area contributed by atoms with E-state index < -0.39 is 5.97 Å². The van der Waals surface area contributed by atoms with Gasteiger partial charge in [-0.1, -0.05) is 24.3 Å². The average Bonchev–Trinajstić information content (AvgIpc) is 3.07. The average molecular weight is 652 g/mol. The van der Waals surface area contributed by atoms with Crippen molar-refractivity contribution in [2.45, 2.75) is 19.5 Å². The van der Waals surface area contributed by atoms with Gasteiger partial charge < -0.3 is 24.7 Å². The maximum atomic E-state index is 12.3. The van der Waals surface area contributed by atoms with Gasteiger partial charge in [0.15, 0.2) is 5.78 Å². The molecule has 2 unspecified atom stereocenters. The zero-order valence-electron chi connectivity index (χ0n) is 26.9. The van der Waals surface area contributed by atoms with Gasteiger partial charge in [0.25, 0.3) is 0 Å². The van der Waals surface area contributed by atoms with Crippen LogP contribution in [0.5, 0.6) is 0 Å². The molecule has 1 aliphatic rings. The zero-order valence-corrected chi connectivity index (χ0v) is 27.9. The van der Waals surface area contributed by atoms with E-state index in [1.165, 1.54) is 14.0 Å². The van der Waals surface area contributed by atoms with E-state index >= 15 is 0 Å². The van der Waals surface area contributed by atoms with Crippen LogP contribution in [0.25, 0.3) is 0 Å². The highest BCUT2D eigenvalue weighted by molar-refractivity contribution is 7.38. The molecular weight excluding hydrogens is 605 g/mol. The molecule has 1 saturated heterocycles. The topological polar surface area (TPSA) is 129 Å². The first kappa shape index (κ1) is 35.5. The predicted octanol–water partition coefficient (Wildman–Crippen LogP) is 3.68. The predicted molar refractivity (Wildman–Crippen MR) is 180 cm³/mol. The fourth-order valence-corrected chi connectivity index (χ4v) is 6.17. The molecule has 3 aromatic rings. The van der Waals surface area contributed by atoms with Crippen molar-refractivity contribution in [1.82, 2.24) is 19.8 Å². The summed E-state index contributed by atoms with van der Waals surface area (Å²) in [5.74, 6) is -0.508. The summed E-state index contributed by atoms with van der Waals surface area (Å²) in [6, 6.07) is 18.6. The molecule has 12 heteroatoms. The fourth-order valence-electron chi connectivity index (χ4n) is 5.19. The van der Waals surface area contributed by atoms with Gasteiger partial charge in [-0.15, -0.1) is 8.58 Å². The third-order valence-electron chi connectivity index (χ3n) is 7.61. The molecule has 0 spiro atoms. The van der Waals surface area contributed by atoms with Crippen LogP contribution in [-0.2, 0) is 25.5 Å². The number of nitrogens with two attached hydrogens (primary N) is 1. The van der Waals surface area contributed by atoms with Gasteiger partial charge >= 0.3 is 5.97 Å². The molecule has 2 atom stereocenters. The van der Waals surface area contributed by atoms with Gasteiger partial charge in [0.05, 0.1) is 64.2 Å². The monoisotopic (exact) mass is 651 g/mol. The highest BCUT2D eigenvalue weighted by Crippen LogP contribution is 2.29. The number of ether oxygens (including phenoxy) is 4. The summed E-state index contributed by atoms with van der Waals surface area (Å²) >= 11 is 0. The summed E-state index contributed by atoms with van der Waals surface area (Å²) in [5.41, 5.74) is 10.1. The minimum atomic E-state index is -0.468. The molecule has 1 aromatic carbocycles. The van der Waals surface area contributed by atoms with Crippen molar-refractivity contribution in [2.75, 3.05) is 91.0 Å². The molecule has 2 aromatic heterocycles. The van der Waals surface area contributed by atoms with Crippen molar-refractivity contribution in [3.8, 4) is 0 Å². The smallest absolute Gasteiger partial charge is 0.356 e. The number of ketones is 1. The van der Waals surface area contributed by atoms with Crippen molar-refractivity contribution < 1.29 is 28.5 Å². The van der Waals surface area contributed by atoms with Gasteiger partial charge in [-0.25, -0.2) is 14.8 Å². The largest absolute Gasteiger partial charge is 0.464 e. The van der Waals surface area contributed by atoms with E-state index in [-0.39, 0.29) is 17.5 Å². The lowest BCUT2D eigenvalue weighted by Crippen LogP contribution is -2.35. The summed E-state index contributed by atoms with van der Waals surface area (Å²) in [6.45, 7) is 8.40. The van der Waals surface area contributed by atoms with Crippen molar-refractivity contribution in [3.05, 3.63) is 89.0 Å². The number of pyridine rings is 2. The minimum absolute atomic E-state index is 0.0395. The summed E-state index contributed by atoms with van der Waals surface area (Å²) in [4.78, 5) is 37.9. The number of rotatable bonds is 7. The van der Waals surface area contributed by atoms with Crippen molar-refractivity contribution >= 4 is 26.0 Å². The first-order chi connectivity index (χ1) is 22.4. The molecule has 248 valence electrons. The van der Waals surface area contributed by atoms with Crippen molar-refractivity contribution in [3.63, 3.8) is 0 Å². The highest BCUT2D eigenvalue weighted by atomic mass is 31.1. The number of hydrogen-bond donors (Lipinski definition) is 1. The number of aromatic nitrogens is 2. The molecule has 0 aliphatic carbocycles. The normalized spacial score (nSPS) is 18.3. The Kier molecular flexibility index (Phi) is 15.0. The van der Waals surface area contributed by atoms with E-state index in [4.69, 9.17) is 29.7 Å². The molecule has 0 radical (unpaired) electrons. The highest BCUT2D eigenvalue weighted by Gasteiger charge is 2.25. The summed E-state index contributed by atoms with van der Waals surface area (Å²) in [7, 11) is 2.08. The maximum absolute atomic E-state index is 12.3. The molecule has 11 nitrogen and oxygen atoms in total. The lowest BCUT2D eigenvalue weighted by molar-refractivity contribution is 0.0247. The van der Waals surface area contributed by atoms with E-state index in [9.17, 15) is 9.59 Å². The molecule has 4 rings (SSSR count). The van der Waals surface area contributed by atoms with Gasteiger partial charge in [0.1, 0.15) is 11.4 Å². The number of anilines is 1. The number of nitrogen functional groups attached to an aromatic ring is 1. The quantitative estimate of drug-likeness (QED) is 0.174. The van der Waals surface area contributed by atoms with Crippen LogP contribution < -0.4 is 5.73 Å². The first-order valence-electron chi connectivity index (χ1n) is 15.7. The van der Waals surface area contributed by atoms with Gasteiger partial charge in [-0.05, 0) is 54.3 Å². The van der Waals surface area contributed by atoms with Crippen LogP contribution >= 0.6 is 8.58 Å². The Labute approximate surface area is 273 Å². The number of benzene rings is 1. The zero-order chi connectivity index (χ0) is 32.6. The molecule has 0 bridgehead atoms. The molecule has 1 fully saturated rings. The van der Waals surface area contributed by atoms with Crippen LogP contribution in [0.4, 0.5) is 5.69 Å². The minimum Gasteiger partial charge on any atom is -0.464 e. The van der Waals surface area contributed by atoms with Gasteiger partial charge in [-0.3, -0.25) is 14.6 Å². The molecule has 46 heavy (non-hydrogen) atoms. The number of methoxy groups -OCH3 is 1. The number of Topliss-reactive ketones (excluding diaryl/α,β-unsaturated/α-hetero) is 1. The molecule has 2 N–H and O–H groups in total. The summed E-state index contributed by atoms with van der Waals surface area (Å²) < 4.78 is 22.9. The lowest BCUT2D eigenvalue weighted by atomic mass is 10.0. The second-order valence-electron chi connectivity index (χ2n) is 11.0. The number of nitrogens with zero attached hydrogens (tertiary/aromatic N) is 4.